The Morgan fingerprint density at radius 3 is 2.18 bits per heavy atom. The molecule has 3 aliphatic rings. The SMILES string of the molecule is CC(C)(C)[Si](C)(C)OCCN1CC(S(=O)(=O)NC(=O)Nc2c3c(cc4c2CCC4)CCC3)C1.[K]. The van der Waals surface area contributed by atoms with Crippen LogP contribution in [-0.2, 0) is 40.1 Å². The van der Waals surface area contributed by atoms with Crippen molar-refractivity contribution in [3.8, 4) is 0 Å². The molecule has 1 aromatic rings. The maximum atomic E-state index is 12.8. The Morgan fingerprint density at radius 2 is 1.65 bits per heavy atom. The average Bonchev–Trinajstić information content (AvgIpc) is 3.30. The maximum Gasteiger partial charge on any atom is 0.332 e. The summed E-state index contributed by atoms with van der Waals surface area (Å²) in [5.74, 6) is 0. The molecule has 1 saturated heterocycles. The van der Waals surface area contributed by atoms with E-state index < -0.39 is 29.6 Å². The third-order valence-electron chi connectivity index (χ3n) is 7.99. The molecule has 0 bridgehead atoms. The fraction of sp³-hybridized carbons (Fsp3) is 0.708. The Labute approximate surface area is 248 Å². The smallest absolute Gasteiger partial charge is 0.332 e. The van der Waals surface area contributed by atoms with E-state index in [0.29, 0.717) is 26.2 Å². The summed E-state index contributed by atoms with van der Waals surface area (Å²) < 4.78 is 34.0. The van der Waals surface area contributed by atoms with E-state index in [1.165, 1.54) is 22.3 Å². The van der Waals surface area contributed by atoms with Crippen molar-refractivity contribution in [1.82, 2.24) is 9.62 Å². The summed E-state index contributed by atoms with van der Waals surface area (Å²) in [4.78, 5) is 14.8. The third-order valence-corrected chi connectivity index (χ3v) is 14.2. The number of anilines is 1. The van der Waals surface area contributed by atoms with E-state index in [4.69, 9.17) is 4.43 Å². The van der Waals surface area contributed by atoms with Gasteiger partial charge in [0.05, 0.1) is 0 Å². The average molecular weight is 533 g/mol. The van der Waals surface area contributed by atoms with Crippen LogP contribution in [0.5, 0.6) is 0 Å². The van der Waals surface area contributed by atoms with E-state index in [1.807, 2.05) is 0 Å². The number of carbonyl (C=O) groups is 1. The van der Waals surface area contributed by atoms with Crippen molar-refractivity contribution in [2.45, 2.75) is 82.7 Å². The van der Waals surface area contributed by atoms with Crippen LogP contribution in [-0.4, -0.2) is 111 Å². The summed E-state index contributed by atoms with van der Waals surface area (Å²) in [5.41, 5.74) is 5.87. The van der Waals surface area contributed by atoms with Gasteiger partial charge in [-0.15, -0.1) is 0 Å². The molecular weight excluding hydrogens is 494 g/mol. The van der Waals surface area contributed by atoms with Gasteiger partial charge in [0, 0.05) is 83.3 Å². The minimum Gasteiger partial charge on any atom is -0.416 e. The van der Waals surface area contributed by atoms with Crippen molar-refractivity contribution < 1.29 is 17.6 Å². The molecule has 34 heavy (non-hydrogen) atoms. The Hall–Kier alpha value is 0.213. The van der Waals surface area contributed by atoms with E-state index in [-0.39, 0.29) is 56.4 Å². The second-order valence-electron chi connectivity index (χ2n) is 11.3. The molecule has 1 heterocycles. The molecule has 4 rings (SSSR count). The number of carbonyl (C=O) groups excluding carboxylic acids is 1. The molecule has 2 aliphatic carbocycles. The van der Waals surface area contributed by atoms with Gasteiger partial charge in [-0.25, -0.2) is 17.9 Å². The van der Waals surface area contributed by atoms with Crippen molar-refractivity contribution in [1.29, 1.82) is 0 Å². The molecule has 0 spiro atoms. The van der Waals surface area contributed by atoms with E-state index in [2.05, 4.69) is 54.9 Å². The van der Waals surface area contributed by atoms with Crippen LogP contribution in [0.1, 0.15) is 55.9 Å². The number of fused-ring (bicyclic) bond motifs is 2. The normalized spacial score (nSPS) is 18.6. The largest absolute Gasteiger partial charge is 0.416 e. The number of benzene rings is 1. The zero-order chi connectivity index (χ0) is 24.0. The van der Waals surface area contributed by atoms with E-state index in [0.717, 1.165) is 44.2 Å². The zero-order valence-electron chi connectivity index (χ0n) is 21.7. The number of amides is 2. The topological polar surface area (TPSA) is 87.7 Å². The first-order valence-corrected chi connectivity index (χ1v) is 16.7. The number of sulfonamides is 1. The van der Waals surface area contributed by atoms with Crippen molar-refractivity contribution >= 4 is 81.4 Å². The molecule has 0 unspecified atom stereocenters. The van der Waals surface area contributed by atoms with Crippen LogP contribution in [0, 0.1) is 0 Å². The van der Waals surface area contributed by atoms with Gasteiger partial charge < -0.3 is 9.74 Å². The standard InChI is InChI=1S/C24H39N3O4SSi.K/c1-24(2,3)33(4,5)31-13-12-27-15-19(16-27)32(29,30)26-23(28)25-22-20-10-6-8-17(20)14-18-9-7-11-21(18)22;/h14,19H,6-13,15-16H2,1-5H3,(H2,25,26,28);. The second kappa shape index (κ2) is 10.9. The summed E-state index contributed by atoms with van der Waals surface area (Å²) in [7, 11) is -5.51. The number of nitrogens with zero attached hydrogens (tertiary/aromatic N) is 1. The van der Waals surface area contributed by atoms with Gasteiger partial charge in [0.25, 0.3) is 0 Å². The van der Waals surface area contributed by atoms with Crippen molar-refractivity contribution in [2.24, 2.45) is 0 Å². The number of nitrogens with one attached hydrogen (secondary N) is 2. The van der Waals surface area contributed by atoms with Crippen LogP contribution in [0.25, 0.3) is 0 Å². The number of urea groups is 1. The Morgan fingerprint density at radius 1 is 1.09 bits per heavy atom. The number of aryl methyl sites for hydroxylation is 2. The van der Waals surface area contributed by atoms with Crippen molar-refractivity contribution in [3.05, 3.63) is 28.3 Å². The van der Waals surface area contributed by atoms with E-state index >= 15 is 0 Å². The molecule has 0 atom stereocenters. The molecule has 2 N–H and O–H groups in total. The number of hydrogen-bond donors (Lipinski definition) is 2. The third kappa shape index (κ3) is 6.19. The molecule has 7 nitrogen and oxygen atoms in total. The zero-order valence-corrected chi connectivity index (χ0v) is 26.7. The van der Waals surface area contributed by atoms with Gasteiger partial charge in [0.15, 0.2) is 8.32 Å². The first-order valence-electron chi connectivity index (χ1n) is 12.2. The van der Waals surface area contributed by atoms with Crippen molar-refractivity contribution in [3.63, 3.8) is 0 Å². The fourth-order valence-electron chi connectivity index (χ4n) is 4.87. The molecule has 0 aromatic heterocycles. The predicted octanol–water partition coefficient (Wildman–Crippen LogP) is 3.44. The molecule has 10 heteroatoms. The van der Waals surface area contributed by atoms with Crippen LogP contribution in [0.2, 0.25) is 18.1 Å². The first-order chi connectivity index (χ1) is 15.4. The van der Waals surface area contributed by atoms with Gasteiger partial charge >= 0.3 is 6.03 Å². The molecule has 1 radical (unpaired) electrons. The van der Waals surface area contributed by atoms with Crippen LogP contribution in [0.3, 0.4) is 0 Å². The molecule has 1 aliphatic heterocycles. The molecule has 2 amide bonds. The summed E-state index contributed by atoms with van der Waals surface area (Å²) in [6.07, 6.45) is 6.13. The summed E-state index contributed by atoms with van der Waals surface area (Å²) >= 11 is 0. The van der Waals surface area contributed by atoms with Gasteiger partial charge in [-0.05, 0) is 78.9 Å². The van der Waals surface area contributed by atoms with Crippen LogP contribution in [0.4, 0.5) is 10.5 Å². The minimum atomic E-state index is -3.72. The van der Waals surface area contributed by atoms with Crippen molar-refractivity contribution in [2.75, 3.05) is 31.6 Å². The molecule has 1 aromatic carbocycles. The Kier molecular flexibility index (Phi) is 9.23. The molecule has 185 valence electrons. The van der Waals surface area contributed by atoms with E-state index in [1.54, 1.807) is 0 Å². The number of likely N-dealkylation sites (tertiary alicyclic amines) is 1. The summed E-state index contributed by atoms with van der Waals surface area (Å²) in [5, 5.41) is 2.51. The quantitative estimate of drug-likeness (QED) is 0.526. The Balaban J connectivity index is 0.00000324. The summed E-state index contributed by atoms with van der Waals surface area (Å²) in [6.45, 7) is 13.3. The molecular formula is C24H39KN3O4SSi. The van der Waals surface area contributed by atoms with Crippen LogP contribution < -0.4 is 10.0 Å². The van der Waals surface area contributed by atoms with Gasteiger partial charge in [-0.1, -0.05) is 26.8 Å². The van der Waals surface area contributed by atoms with Crippen LogP contribution >= 0.6 is 0 Å². The summed E-state index contributed by atoms with van der Waals surface area (Å²) in [6, 6.07) is 1.66. The van der Waals surface area contributed by atoms with Gasteiger partial charge in [-0.2, -0.15) is 0 Å². The number of hydrogen-bond acceptors (Lipinski definition) is 5. The molecule has 0 saturated carbocycles. The monoisotopic (exact) mass is 532 g/mol. The minimum absolute atomic E-state index is 0. The fourth-order valence-corrected chi connectivity index (χ4v) is 7.19. The van der Waals surface area contributed by atoms with Gasteiger partial charge in [0.1, 0.15) is 5.25 Å². The predicted molar refractivity (Wildman–Crippen MR) is 141 cm³/mol. The second-order valence-corrected chi connectivity index (χ2v) is 18.1. The number of rotatable bonds is 7. The van der Waals surface area contributed by atoms with Gasteiger partial charge in [0.2, 0.25) is 10.0 Å². The van der Waals surface area contributed by atoms with Gasteiger partial charge in [-0.3, -0.25) is 4.90 Å². The Bertz CT molecular complexity index is 1000. The van der Waals surface area contributed by atoms with E-state index in [9.17, 15) is 13.2 Å². The first kappa shape index (κ1) is 28.8. The maximum absolute atomic E-state index is 12.8. The molecule has 1 fully saturated rings. The van der Waals surface area contributed by atoms with Crippen LogP contribution in [0.15, 0.2) is 6.07 Å².